The van der Waals surface area contributed by atoms with Gasteiger partial charge in [0.15, 0.2) is 0 Å². The van der Waals surface area contributed by atoms with Gasteiger partial charge in [-0.2, -0.15) is 5.10 Å². The van der Waals surface area contributed by atoms with Crippen molar-refractivity contribution in [2.24, 2.45) is 5.92 Å². The number of anilines is 1. The highest BCUT2D eigenvalue weighted by Gasteiger charge is 2.09. The van der Waals surface area contributed by atoms with Crippen molar-refractivity contribution in [3.05, 3.63) is 41.3 Å². The van der Waals surface area contributed by atoms with Crippen LogP contribution in [0.3, 0.4) is 0 Å². The quantitative estimate of drug-likeness (QED) is 0.806. The lowest BCUT2D eigenvalue weighted by molar-refractivity contribution is 0.238. The number of amides is 2. The molecule has 0 aliphatic heterocycles. The van der Waals surface area contributed by atoms with E-state index in [9.17, 15) is 4.79 Å². The number of aromatic nitrogens is 3. The lowest BCUT2D eigenvalue weighted by atomic mass is 10.2. The third kappa shape index (κ3) is 5.77. The van der Waals surface area contributed by atoms with E-state index in [0.717, 1.165) is 29.3 Å². The zero-order chi connectivity index (χ0) is 18.4. The normalized spacial score (nSPS) is 11.9. The molecule has 7 nitrogen and oxygen atoms in total. The fourth-order valence-corrected chi connectivity index (χ4v) is 2.55. The highest BCUT2D eigenvalue weighted by molar-refractivity contribution is 5.73. The maximum Gasteiger partial charge on any atom is 0.315 e. The minimum Gasteiger partial charge on any atom is -0.363 e. The van der Waals surface area contributed by atoms with Crippen molar-refractivity contribution in [3.63, 3.8) is 0 Å². The van der Waals surface area contributed by atoms with Crippen LogP contribution in [-0.4, -0.2) is 41.4 Å². The number of nitrogens with one attached hydrogen (secondary N) is 2. The Morgan fingerprint density at radius 2 is 2.04 bits per heavy atom. The Balaban J connectivity index is 1.75. The molecular weight excluding hydrogens is 316 g/mol. The maximum atomic E-state index is 12.0. The predicted molar refractivity (Wildman–Crippen MR) is 99.7 cm³/mol. The van der Waals surface area contributed by atoms with Crippen LogP contribution in [0.1, 0.15) is 23.9 Å². The standard InChI is InChI=1S/C18H28N6O/c1-13(12-24-15(3)8-14(2)22-24)10-20-18(25)21-11-16-6-7-19-17(9-16)23(4)5/h6-9,13H,10-12H2,1-5H3,(H2,20,21,25)/t13-/m0/s1. The third-order valence-electron chi connectivity index (χ3n) is 3.92. The van der Waals surface area contributed by atoms with Crippen LogP contribution < -0.4 is 15.5 Å². The van der Waals surface area contributed by atoms with E-state index >= 15 is 0 Å². The summed E-state index contributed by atoms with van der Waals surface area (Å²) in [7, 11) is 3.88. The molecule has 0 bridgehead atoms. The molecule has 0 fully saturated rings. The molecule has 0 radical (unpaired) electrons. The van der Waals surface area contributed by atoms with Crippen molar-refractivity contribution in [2.45, 2.75) is 33.9 Å². The molecule has 2 aromatic heterocycles. The minimum atomic E-state index is -0.163. The number of pyridine rings is 1. The van der Waals surface area contributed by atoms with Gasteiger partial charge >= 0.3 is 6.03 Å². The highest BCUT2D eigenvalue weighted by atomic mass is 16.2. The fraction of sp³-hybridized carbons (Fsp3) is 0.500. The van der Waals surface area contributed by atoms with Gasteiger partial charge in [0.2, 0.25) is 0 Å². The monoisotopic (exact) mass is 344 g/mol. The molecule has 0 aliphatic rings. The average molecular weight is 344 g/mol. The van der Waals surface area contributed by atoms with Crippen LogP contribution in [0, 0.1) is 19.8 Å². The Hall–Kier alpha value is -2.57. The molecule has 0 unspecified atom stereocenters. The first-order valence-corrected chi connectivity index (χ1v) is 8.50. The second kappa shape index (κ2) is 8.50. The predicted octanol–water partition coefficient (Wildman–Crippen LogP) is 2.10. The Morgan fingerprint density at radius 3 is 2.68 bits per heavy atom. The first-order chi connectivity index (χ1) is 11.8. The zero-order valence-electron chi connectivity index (χ0n) is 15.7. The molecular formula is C18H28N6O. The summed E-state index contributed by atoms with van der Waals surface area (Å²) in [6.45, 7) is 7.99. The molecule has 136 valence electrons. The van der Waals surface area contributed by atoms with E-state index in [0.29, 0.717) is 19.0 Å². The molecule has 2 N–H and O–H groups in total. The minimum absolute atomic E-state index is 0.163. The van der Waals surface area contributed by atoms with Crippen molar-refractivity contribution >= 4 is 11.8 Å². The summed E-state index contributed by atoms with van der Waals surface area (Å²) in [6, 6.07) is 5.76. The topological polar surface area (TPSA) is 75.1 Å². The largest absolute Gasteiger partial charge is 0.363 e. The van der Waals surface area contributed by atoms with Gasteiger partial charge in [0.05, 0.1) is 5.69 Å². The summed E-state index contributed by atoms with van der Waals surface area (Å²) in [5.41, 5.74) is 3.18. The first-order valence-electron chi connectivity index (χ1n) is 8.50. The van der Waals surface area contributed by atoms with Gasteiger partial charge in [-0.1, -0.05) is 6.92 Å². The summed E-state index contributed by atoms with van der Waals surface area (Å²) < 4.78 is 1.99. The summed E-state index contributed by atoms with van der Waals surface area (Å²) >= 11 is 0. The number of carbonyl (C=O) groups is 1. The summed E-state index contributed by atoms with van der Waals surface area (Å²) in [5, 5.41) is 10.3. The number of hydrogen-bond donors (Lipinski definition) is 2. The van der Waals surface area contributed by atoms with E-state index in [1.165, 1.54) is 0 Å². The van der Waals surface area contributed by atoms with Gasteiger partial charge < -0.3 is 15.5 Å². The van der Waals surface area contributed by atoms with E-state index in [-0.39, 0.29) is 6.03 Å². The maximum absolute atomic E-state index is 12.0. The molecule has 2 rings (SSSR count). The van der Waals surface area contributed by atoms with Gasteiger partial charge in [0.1, 0.15) is 5.82 Å². The molecule has 2 aromatic rings. The number of rotatable bonds is 7. The van der Waals surface area contributed by atoms with Crippen LogP contribution in [-0.2, 0) is 13.1 Å². The molecule has 0 saturated carbocycles. The van der Waals surface area contributed by atoms with E-state index in [4.69, 9.17) is 0 Å². The number of aryl methyl sites for hydroxylation is 2. The Kier molecular flexibility index (Phi) is 6.38. The SMILES string of the molecule is Cc1cc(C)n(C[C@@H](C)CNC(=O)NCc2ccnc(N(C)C)c2)n1. The van der Waals surface area contributed by atoms with Crippen molar-refractivity contribution in [3.8, 4) is 0 Å². The molecule has 2 heterocycles. The van der Waals surface area contributed by atoms with Crippen LogP contribution in [0.2, 0.25) is 0 Å². The highest BCUT2D eigenvalue weighted by Crippen LogP contribution is 2.09. The van der Waals surface area contributed by atoms with Gasteiger partial charge in [-0.25, -0.2) is 9.78 Å². The van der Waals surface area contributed by atoms with Gasteiger partial charge in [0, 0.05) is 45.6 Å². The number of nitrogens with zero attached hydrogens (tertiary/aromatic N) is 4. The van der Waals surface area contributed by atoms with Gasteiger partial charge in [-0.3, -0.25) is 4.68 Å². The molecule has 0 saturated heterocycles. The van der Waals surface area contributed by atoms with E-state index < -0.39 is 0 Å². The van der Waals surface area contributed by atoms with Crippen molar-refractivity contribution in [1.82, 2.24) is 25.4 Å². The van der Waals surface area contributed by atoms with Crippen LogP contribution >= 0.6 is 0 Å². The molecule has 7 heteroatoms. The van der Waals surface area contributed by atoms with Gasteiger partial charge in [0.25, 0.3) is 0 Å². The van der Waals surface area contributed by atoms with E-state index in [1.54, 1.807) is 6.20 Å². The zero-order valence-corrected chi connectivity index (χ0v) is 15.7. The Labute approximate surface area is 149 Å². The molecule has 0 aliphatic carbocycles. The van der Waals surface area contributed by atoms with Crippen LogP contribution in [0.5, 0.6) is 0 Å². The third-order valence-corrected chi connectivity index (χ3v) is 3.92. The van der Waals surface area contributed by atoms with Crippen LogP contribution in [0.25, 0.3) is 0 Å². The molecule has 0 aromatic carbocycles. The smallest absolute Gasteiger partial charge is 0.315 e. The number of hydrogen-bond acceptors (Lipinski definition) is 4. The lowest BCUT2D eigenvalue weighted by Gasteiger charge is -2.15. The van der Waals surface area contributed by atoms with Crippen molar-refractivity contribution in [2.75, 3.05) is 25.5 Å². The Morgan fingerprint density at radius 1 is 1.28 bits per heavy atom. The summed E-state index contributed by atoms with van der Waals surface area (Å²) in [6.07, 6.45) is 1.75. The van der Waals surface area contributed by atoms with Gasteiger partial charge in [-0.15, -0.1) is 0 Å². The van der Waals surface area contributed by atoms with Gasteiger partial charge in [-0.05, 0) is 43.5 Å². The van der Waals surface area contributed by atoms with Crippen molar-refractivity contribution < 1.29 is 4.79 Å². The molecule has 0 spiro atoms. The second-order valence-electron chi connectivity index (χ2n) is 6.69. The summed E-state index contributed by atoms with van der Waals surface area (Å²) in [4.78, 5) is 18.2. The second-order valence-corrected chi connectivity index (χ2v) is 6.69. The number of urea groups is 1. The van der Waals surface area contributed by atoms with E-state index in [2.05, 4.69) is 33.7 Å². The molecule has 2 amide bonds. The fourth-order valence-electron chi connectivity index (χ4n) is 2.55. The molecule has 25 heavy (non-hydrogen) atoms. The van der Waals surface area contributed by atoms with Crippen molar-refractivity contribution in [1.29, 1.82) is 0 Å². The lowest BCUT2D eigenvalue weighted by Crippen LogP contribution is -2.38. The molecule has 1 atom stereocenters. The average Bonchev–Trinajstić information content (AvgIpc) is 2.88. The Bertz CT molecular complexity index is 709. The summed E-state index contributed by atoms with van der Waals surface area (Å²) in [5.74, 6) is 1.17. The van der Waals surface area contributed by atoms with Crippen LogP contribution in [0.15, 0.2) is 24.4 Å². The number of carbonyl (C=O) groups excluding carboxylic acids is 1. The van der Waals surface area contributed by atoms with E-state index in [1.807, 2.05) is 49.7 Å². The first kappa shape index (κ1) is 18.8. The van der Waals surface area contributed by atoms with Crippen LogP contribution in [0.4, 0.5) is 10.6 Å².